The Labute approximate surface area is 116 Å². The van der Waals surface area contributed by atoms with Crippen LogP contribution in [0.2, 0.25) is 0 Å². The fraction of sp³-hybridized carbons (Fsp3) is 0.667. The van der Waals surface area contributed by atoms with E-state index in [1.54, 1.807) is 20.4 Å². The number of aryl methyl sites for hydroxylation is 1. The van der Waals surface area contributed by atoms with Crippen molar-refractivity contribution < 1.29 is 4.74 Å². The van der Waals surface area contributed by atoms with Gasteiger partial charge < -0.3 is 10.1 Å². The third kappa shape index (κ3) is 4.10. The van der Waals surface area contributed by atoms with Crippen molar-refractivity contribution in [2.75, 3.05) is 25.6 Å². The molecule has 1 N–H and O–H groups in total. The van der Waals surface area contributed by atoms with Crippen LogP contribution in [0, 0.1) is 5.41 Å². The molecule has 1 rings (SSSR count). The lowest BCUT2D eigenvalue weighted by molar-refractivity contribution is 0.157. The van der Waals surface area contributed by atoms with Gasteiger partial charge in [0, 0.05) is 27.3 Å². The van der Waals surface area contributed by atoms with Gasteiger partial charge in [0.15, 0.2) is 0 Å². The lowest BCUT2D eigenvalue weighted by atomic mass is 9.89. The molecule has 1 heterocycles. The second-order valence-corrected chi connectivity index (χ2v) is 5.85. The first-order valence-corrected chi connectivity index (χ1v) is 6.61. The molecule has 0 atom stereocenters. The molecule has 0 spiro atoms. The van der Waals surface area contributed by atoms with Gasteiger partial charge in [0.2, 0.25) is 0 Å². The summed E-state index contributed by atoms with van der Waals surface area (Å²) in [5.41, 5.74) is 0.676. The molecular weight excluding hydrogens is 298 g/mol. The Morgan fingerprint density at radius 1 is 1.56 bits per heavy atom. The smallest absolute Gasteiger partial charge is 0.282 e. The number of nitrogens with one attached hydrogen (secondary N) is 1. The monoisotopic (exact) mass is 317 g/mol. The Morgan fingerprint density at radius 2 is 2.22 bits per heavy atom. The molecule has 6 heteroatoms. The third-order valence-corrected chi connectivity index (χ3v) is 3.58. The molecule has 0 fully saturated rings. The van der Waals surface area contributed by atoms with Gasteiger partial charge in [0.25, 0.3) is 5.56 Å². The molecule has 0 aliphatic heterocycles. The van der Waals surface area contributed by atoms with Crippen molar-refractivity contribution in [2.45, 2.75) is 20.3 Å². The predicted molar refractivity (Wildman–Crippen MR) is 75.9 cm³/mol. The first kappa shape index (κ1) is 15.2. The maximum Gasteiger partial charge on any atom is 0.282 e. The van der Waals surface area contributed by atoms with Crippen LogP contribution in [0.1, 0.15) is 20.3 Å². The average molecular weight is 318 g/mol. The van der Waals surface area contributed by atoms with Crippen molar-refractivity contribution in [1.29, 1.82) is 0 Å². The molecule has 1 aromatic rings. The summed E-state index contributed by atoms with van der Waals surface area (Å²) in [6, 6.07) is 0. The molecule has 0 bridgehead atoms. The quantitative estimate of drug-likeness (QED) is 0.872. The number of halogens is 1. The Morgan fingerprint density at radius 3 is 2.83 bits per heavy atom. The van der Waals surface area contributed by atoms with Gasteiger partial charge in [-0.25, -0.2) is 4.68 Å². The Balaban J connectivity index is 2.69. The highest BCUT2D eigenvalue weighted by molar-refractivity contribution is 9.10. The number of ether oxygens (including phenoxy) is 1. The summed E-state index contributed by atoms with van der Waals surface area (Å²) in [5.74, 6) is 0. The summed E-state index contributed by atoms with van der Waals surface area (Å²) in [7, 11) is 3.32. The minimum absolute atomic E-state index is 0.0938. The molecule has 0 radical (unpaired) electrons. The Bertz CT molecular complexity index is 457. The number of aromatic nitrogens is 2. The maximum absolute atomic E-state index is 11.7. The summed E-state index contributed by atoms with van der Waals surface area (Å²) in [5, 5.41) is 7.24. The molecule has 1 aromatic heterocycles. The van der Waals surface area contributed by atoms with Crippen LogP contribution in [0.3, 0.4) is 0 Å². The van der Waals surface area contributed by atoms with Gasteiger partial charge in [-0.05, 0) is 27.8 Å². The molecule has 5 nitrogen and oxygen atoms in total. The molecule has 0 saturated heterocycles. The van der Waals surface area contributed by atoms with Gasteiger partial charge in [-0.2, -0.15) is 5.10 Å². The highest BCUT2D eigenvalue weighted by Crippen LogP contribution is 2.23. The number of hydrogen-bond acceptors (Lipinski definition) is 4. The van der Waals surface area contributed by atoms with E-state index in [4.69, 9.17) is 4.74 Å². The Kier molecular flexibility index (Phi) is 5.34. The van der Waals surface area contributed by atoms with Gasteiger partial charge in [-0.3, -0.25) is 4.79 Å². The van der Waals surface area contributed by atoms with Gasteiger partial charge in [-0.1, -0.05) is 13.8 Å². The molecule has 0 amide bonds. The number of methoxy groups -OCH3 is 1. The summed E-state index contributed by atoms with van der Waals surface area (Å²) in [6.45, 7) is 5.79. The zero-order valence-electron chi connectivity index (χ0n) is 11.3. The highest BCUT2D eigenvalue weighted by Gasteiger charge is 2.18. The van der Waals surface area contributed by atoms with Crippen LogP contribution in [0.4, 0.5) is 5.69 Å². The van der Waals surface area contributed by atoms with Crippen molar-refractivity contribution in [3.63, 3.8) is 0 Å². The van der Waals surface area contributed by atoms with Gasteiger partial charge >= 0.3 is 0 Å². The van der Waals surface area contributed by atoms with E-state index >= 15 is 0 Å². The van der Waals surface area contributed by atoms with Gasteiger partial charge in [-0.15, -0.1) is 0 Å². The van der Waals surface area contributed by atoms with E-state index in [0.717, 1.165) is 25.3 Å². The largest absolute Gasteiger partial charge is 0.385 e. The van der Waals surface area contributed by atoms with Crippen LogP contribution in [-0.4, -0.2) is 30.0 Å². The van der Waals surface area contributed by atoms with E-state index in [0.29, 0.717) is 4.47 Å². The predicted octanol–water partition coefficient (Wildman–Crippen LogP) is 2.02. The van der Waals surface area contributed by atoms with Crippen LogP contribution >= 0.6 is 15.9 Å². The van der Waals surface area contributed by atoms with Crippen LogP contribution < -0.4 is 10.9 Å². The summed E-state index contributed by atoms with van der Waals surface area (Å²) >= 11 is 3.29. The normalized spacial score (nSPS) is 11.6. The first-order chi connectivity index (χ1) is 8.37. The first-order valence-electron chi connectivity index (χ1n) is 5.82. The number of rotatable bonds is 6. The molecule has 0 unspecified atom stereocenters. The topological polar surface area (TPSA) is 56.1 Å². The van der Waals surface area contributed by atoms with Crippen LogP contribution in [0.5, 0.6) is 0 Å². The third-order valence-electron chi connectivity index (χ3n) is 2.82. The second kappa shape index (κ2) is 6.33. The van der Waals surface area contributed by atoms with Crippen LogP contribution in [0.25, 0.3) is 0 Å². The zero-order valence-corrected chi connectivity index (χ0v) is 12.9. The minimum Gasteiger partial charge on any atom is -0.385 e. The summed E-state index contributed by atoms with van der Waals surface area (Å²) < 4.78 is 6.90. The van der Waals surface area contributed by atoms with E-state index < -0.39 is 0 Å². The van der Waals surface area contributed by atoms with Crippen LogP contribution in [-0.2, 0) is 11.8 Å². The lowest BCUT2D eigenvalue weighted by Gasteiger charge is -2.25. The lowest BCUT2D eigenvalue weighted by Crippen LogP contribution is -2.27. The van der Waals surface area contributed by atoms with Crippen molar-refractivity contribution in [2.24, 2.45) is 12.5 Å². The number of anilines is 1. The van der Waals surface area contributed by atoms with Crippen LogP contribution in [0.15, 0.2) is 15.5 Å². The average Bonchev–Trinajstić information content (AvgIpc) is 2.33. The molecule has 102 valence electrons. The summed E-state index contributed by atoms with van der Waals surface area (Å²) in [4.78, 5) is 11.7. The fourth-order valence-electron chi connectivity index (χ4n) is 1.44. The van der Waals surface area contributed by atoms with E-state index in [9.17, 15) is 4.79 Å². The maximum atomic E-state index is 11.7. The number of nitrogens with zero attached hydrogens (tertiary/aromatic N) is 2. The minimum atomic E-state index is -0.144. The molecule has 18 heavy (non-hydrogen) atoms. The Hall–Kier alpha value is -0.880. The molecule has 0 aromatic carbocycles. The van der Waals surface area contributed by atoms with Crippen molar-refractivity contribution in [3.8, 4) is 0 Å². The van der Waals surface area contributed by atoms with Gasteiger partial charge in [0.1, 0.15) is 4.47 Å². The van der Waals surface area contributed by atoms with Crippen molar-refractivity contribution >= 4 is 21.6 Å². The molecule has 0 aliphatic rings. The number of hydrogen-bond donors (Lipinski definition) is 1. The van der Waals surface area contributed by atoms with E-state index in [1.807, 2.05) is 0 Å². The molecular formula is C12H20BrN3O2. The van der Waals surface area contributed by atoms with E-state index in [2.05, 4.69) is 40.2 Å². The molecule has 0 aliphatic carbocycles. The van der Waals surface area contributed by atoms with Crippen molar-refractivity contribution in [1.82, 2.24) is 9.78 Å². The van der Waals surface area contributed by atoms with E-state index in [-0.39, 0.29) is 11.0 Å². The van der Waals surface area contributed by atoms with E-state index in [1.165, 1.54) is 4.68 Å². The second-order valence-electron chi connectivity index (χ2n) is 5.06. The zero-order chi connectivity index (χ0) is 13.8. The summed E-state index contributed by atoms with van der Waals surface area (Å²) in [6.07, 6.45) is 2.60. The standard InChI is InChI=1S/C12H20BrN3O2/c1-12(2,5-6-18-4)8-14-9-7-15-16(3)11(17)10(9)13/h7,14H,5-6,8H2,1-4H3. The highest BCUT2D eigenvalue weighted by atomic mass is 79.9. The SMILES string of the molecule is COCCC(C)(C)CNc1cnn(C)c(=O)c1Br. The molecule has 0 saturated carbocycles. The van der Waals surface area contributed by atoms with Crippen molar-refractivity contribution in [3.05, 3.63) is 21.0 Å². The fourth-order valence-corrected chi connectivity index (χ4v) is 1.93. The van der Waals surface area contributed by atoms with Gasteiger partial charge in [0.05, 0.1) is 11.9 Å².